The lowest BCUT2D eigenvalue weighted by atomic mass is 9.92. The van der Waals surface area contributed by atoms with Gasteiger partial charge in [0, 0.05) is 6.04 Å². The fourth-order valence-corrected chi connectivity index (χ4v) is 2.88. The van der Waals surface area contributed by atoms with Crippen molar-refractivity contribution in [2.24, 2.45) is 22.9 Å². The second-order valence-corrected chi connectivity index (χ2v) is 6.94. The summed E-state index contributed by atoms with van der Waals surface area (Å²) in [4.78, 5) is 0. The van der Waals surface area contributed by atoms with Crippen molar-refractivity contribution < 1.29 is 0 Å². The van der Waals surface area contributed by atoms with Crippen LogP contribution in [0, 0.1) is 0 Å². The molecule has 0 aliphatic carbocycles. The summed E-state index contributed by atoms with van der Waals surface area (Å²) in [6.07, 6.45) is 17.0. The summed E-state index contributed by atoms with van der Waals surface area (Å²) in [6.45, 7) is 2.98. The van der Waals surface area contributed by atoms with Gasteiger partial charge in [-0.3, -0.25) is 0 Å². The molecule has 1 unspecified atom stereocenters. The standard InChI is InChI=1S/C18H42N4/c1-2-3-4-5-6-7-8-9-10-12-15-18(21,22)17(20)14-11-13-16-19/h17H,2-16,19-22H2,1H3. The van der Waals surface area contributed by atoms with E-state index >= 15 is 0 Å². The summed E-state index contributed by atoms with van der Waals surface area (Å²) in [5.41, 5.74) is 23.2. The van der Waals surface area contributed by atoms with Crippen LogP contribution in [-0.4, -0.2) is 18.2 Å². The van der Waals surface area contributed by atoms with Gasteiger partial charge in [0.2, 0.25) is 0 Å². The molecular formula is C18H42N4. The Morgan fingerprint density at radius 2 is 1.23 bits per heavy atom. The summed E-state index contributed by atoms with van der Waals surface area (Å²) >= 11 is 0. The molecule has 22 heavy (non-hydrogen) atoms. The maximum absolute atomic E-state index is 6.17. The zero-order valence-corrected chi connectivity index (χ0v) is 15.0. The van der Waals surface area contributed by atoms with Crippen LogP contribution in [0.4, 0.5) is 0 Å². The Morgan fingerprint density at radius 3 is 1.73 bits per heavy atom. The third kappa shape index (κ3) is 12.4. The predicted molar refractivity (Wildman–Crippen MR) is 98.4 cm³/mol. The second kappa shape index (κ2) is 14.4. The van der Waals surface area contributed by atoms with Gasteiger partial charge in [-0.05, 0) is 25.8 Å². The average Bonchev–Trinajstić information content (AvgIpc) is 2.49. The topological polar surface area (TPSA) is 104 Å². The van der Waals surface area contributed by atoms with Gasteiger partial charge in [0.25, 0.3) is 0 Å². The van der Waals surface area contributed by atoms with E-state index in [0.717, 1.165) is 32.1 Å². The molecule has 0 radical (unpaired) electrons. The average molecular weight is 315 g/mol. The Labute approximate surface area is 138 Å². The van der Waals surface area contributed by atoms with Crippen molar-refractivity contribution in [2.75, 3.05) is 6.54 Å². The molecule has 0 saturated heterocycles. The Kier molecular flexibility index (Phi) is 14.3. The summed E-state index contributed by atoms with van der Waals surface area (Å²) in [5.74, 6) is 0. The number of rotatable bonds is 16. The van der Waals surface area contributed by atoms with Crippen LogP contribution in [0.25, 0.3) is 0 Å². The van der Waals surface area contributed by atoms with Gasteiger partial charge in [-0.25, -0.2) is 0 Å². The normalized spacial score (nSPS) is 13.5. The van der Waals surface area contributed by atoms with Gasteiger partial charge in [-0.1, -0.05) is 77.6 Å². The Hall–Kier alpha value is -0.160. The Balaban J connectivity index is 3.47. The summed E-state index contributed by atoms with van der Waals surface area (Å²) in [7, 11) is 0. The van der Waals surface area contributed by atoms with Crippen LogP contribution >= 0.6 is 0 Å². The van der Waals surface area contributed by atoms with Crippen LogP contribution in [0.5, 0.6) is 0 Å². The number of nitrogens with two attached hydrogens (primary N) is 4. The van der Waals surface area contributed by atoms with Crippen LogP contribution < -0.4 is 22.9 Å². The van der Waals surface area contributed by atoms with Crippen molar-refractivity contribution >= 4 is 0 Å². The third-order valence-electron chi connectivity index (χ3n) is 4.62. The van der Waals surface area contributed by atoms with Gasteiger partial charge in [-0.2, -0.15) is 0 Å². The van der Waals surface area contributed by atoms with Crippen LogP contribution in [0.2, 0.25) is 0 Å². The molecule has 0 heterocycles. The monoisotopic (exact) mass is 314 g/mol. The van der Waals surface area contributed by atoms with E-state index in [1.165, 1.54) is 57.8 Å². The molecule has 134 valence electrons. The van der Waals surface area contributed by atoms with Crippen molar-refractivity contribution in [3.63, 3.8) is 0 Å². The zero-order chi connectivity index (χ0) is 16.7. The lowest BCUT2D eigenvalue weighted by molar-refractivity contribution is 0.300. The molecule has 0 bridgehead atoms. The van der Waals surface area contributed by atoms with Gasteiger partial charge < -0.3 is 22.9 Å². The van der Waals surface area contributed by atoms with Crippen LogP contribution in [0.15, 0.2) is 0 Å². The maximum atomic E-state index is 6.17. The van der Waals surface area contributed by atoms with Crippen LogP contribution in [0.1, 0.15) is 96.8 Å². The zero-order valence-electron chi connectivity index (χ0n) is 15.0. The van der Waals surface area contributed by atoms with E-state index in [0.29, 0.717) is 6.54 Å². The SMILES string of the molecule is CCCCCCCCCCCCC(N)(N)C(N)CCCCN. The molecule has 0 fully saturated rings. The molecule has 0 aromatic rings. The molecule has 0 aromatic carbocycles. The van der Waals surface area contributed by atoms with Gasteiger partial charge in [0.1, 0.15) is 0 Å². The summed E-state index contributed by atoms with van der Waals surface area (Å²) in [6, 6.07) is -0.113. The lowest BCUT2D eigenvalue weighted by Gasteiger charge is -2.31. The van der Waals surface area contributed by atoms with E-state index in [4.69, 9.17) is 22.9 Å². The van der Waals surface area contributed by atoms with Crippen molar-refractivity contribution in [3.05, 3.63) is 0 Å². The van der Waals surface area contributed by atoms with Crippen molar-refractivity contribution in [1.29, 1.82) is 0 Å². The van der Waals surface area contributed by atoms with Gasteiger partial charge >= 0.3 is 0 Å². The molecule has 1 atom stereocenters. The largest absolute Gasteiger partial charge is 0.330 e. The fraction of sp³-hybridized carbons (Fsp3) is 1.00. The van der Waals surface area contributed by atoms with E-state index in [1.54, 1.807) is 0 Å². The van der Waals surface area contributed by atoms with E-state index in [-0.39, 0.29) is 6.04 Å². The summed E-state index contributed by atoms with van der Waals surface area (Å²) in [5, 5.41) is 0. The molecule has 8 N–H and O–H groups in total. The molecule has 4 heteroatoms. The highest BCUT2D eigenvalue weighted by Gasteiger charge is 2.26. The smallest absolute Gasteiger partial charge is 0.0792 e. The molecule has 0 saturated carbocycles. The number of hydrogen-bond acceptors (Lipinski definition) is 4. The molecule has 0 aromatic heterocycles. The quantitative estimate of drug-likeness (QED) is 0.259. The Bertz CT molecular complexity index is 231. The molecule has 0 spiro atoms. The minimum Gasteiger partial charge on any atom is -0.330 e. The first-order valence-corrected chi connectivity index (χ1v) is 9.58. The van der Waals surface area contributed by atoms with E-state index in [9.17, 15) is 0 Å². The molecular weight excluding hydrogens is 272 g/mol. The molecule has 0 amide bonds. The van der Waals surface area contributed by atoms with Crippen molar-refractivity contribution in [3.8, 4) is 0 Å². The van der Waals surface area contributed by atoms with E-state index in [1.807, 2.05) is 0 Å². The molecule has 4 nitrogen and oxygen atoms in total. The predicted octanol–water partition coefficient (Wildman–Crippen LogP) is 3.37. The second-order valence-electron chi connectivity index (χ2n) is 6.94. The van der Waals surface area contributed by atoms with Crippen molar-refractivity contribution in [2.45, 2.75) is 109 Å². The fourth-order valence-electron chi connectivity index (χ4n) is 2.88. The van der Waals surface area contributed by atoms with E-state index < -0.39 is 5.66 Å². The lowest BCUT2D eigenvalue weighted by Crippen LogP contribution is -2.62. The molecule has 0 aliphatic heterocycles. The third-order valence-corrected chi connectivity index (χ3v) is 4.62. The first-order chi connectivity index (χ1) is 10.5. The van der Waals surface area contributed by atoms with Crippen LogP contribution in [0.3, 0.4) is 0 Å². The highest BCUT2D eigenvalue weighted by atomic mass is 15.0. The van der Waals surface area contributed by atoms with Gasteiger partial charge in [0.15, 0.2) is 0 Å². The van der Waals surface area contributed by atoms with Crippen LogP contribution in [-0.2, 0) is 0 Å². The van der Waals surface area contributed by atoms with E-state index in [2.05, 4.69) is 6.92 Å². The maximum Gasteiger partial charge on any atom is 0.0792 e. The highest BCUT2D eigenvalue weighted by molar-refractivity contribution is 4.88. The molecule has 0 aliphatic rings. The Morgan fingerprint density at radius 1 is 0.727 bits per heavy atom. The minimum absolute atomic E-state index is 0.113. The number of unbranched alkanes of at least 4 members (excludes halogenated alkanes) is 10. The van der Waals surface area contributed by atoms with Gasteiger partial charge in [0.05, 0.1) is 5.66 Å². The highest BCUT2D eigenvalue weighted by Crippen LogP contribution is 2.16. The van der Waals surface area contributed by atoms with Gasteiger partial charge in [-0.15, -0.1) is 0 Å². The first kappa shape index (κ1) is 21.8. The van der Waals surface area contributed by atoms with Crippen molar-refractivity contribution in [1.82, 2.24) is 0 Å². The minimum atomic E-state index is -0.714. The molecule has 0 rings (SSSR count). The number of hydrogen-bond donors (Lipinski definition) is 4. The summed E-state index contributed by atoms with van der Waals surface area (Å²) < 4.78 is 0. The first-order valence-electron chi connectivity index (χ1n) is 9.58.